The van der Waals surface area contributed by atoms with Crippen LogP contribution in [0.1, 0.15) is 95.3 Å². The highest BCUT2D eigenvalue weighted by Gasteiger charge is 2.45. The molecular formula is C29H38N4O4. The molecule has 6 rings (SSSR count). The van der Waals surface area contributed by atoms with E-state index >= 15 is 0 Å². The molecule has 5 unspecified atom stereocenters. The first-order valence-electron chi connectivity index (χ1n) is 14.3. The lowest BCUT2D eigenvalue weighted by molar-refractivity contribution is -0.144. The van der Waals surface area contributed by atoms with Gasteiger partial charge in [0.2, 0.25) is 6.04 Å². The van der Waals surface area contributed by atoms with Crippen LogP contribution in [0, 0.1) is 16.7 Å². The van der Waals surface area contributed by atoms with Gasteiger partial charge in [0, 0.05) is 24.2 Å². The molecule has 2 aromatic rings. The molecular weight excluding hydrogens is 468 g/mol. The van der Waals surface area contributed by atoms with Crippen LogP contribution in [0.15, 0.2) is 34.2 Å². The number of esters is 1. The van der Waals surface area contributed by atoms with Gasteiger partial charge in [0.15, 0.2) is 0 Å². The van der Waals surface area contributed by atoms with E-state index in [1.165, 1.54) is 57.8 Å². The van der Waals surface area contributed by atoms with Crippen molar-refractivity contribution in [1.82, 2.24) is 14.5 Å². The Hall–Kier alpha value is -2.61. The maximum Gasteiger partial charge on any atom is 0.341 e. The van der Waals surface area contributed by atoms with Crippen LogP contribution < -0.4 is 5.56 Å². The molecule has 2 saturated heterocycles. The summed E-state index contributed by atoms with van der Waals surface area (Å²) in [5.41, 5.74) is 0.844. The van der Waals surface area contributed by atoms with E-state index in [4.69, 9.17) is 4.74 Å². The average Bonchev–Trinajstić information content (AvgIpc) is 2.88. The molecule has 0 amide bonds. The van der Waals surface area contributed by atoms with Crippen molar-refractivity contribution < 1.29 is 9.53 Å². The van der Waals surface area contributed by atoms with Crippen molar-refractivity contribution >= 4 is 17.0 Å². The van der Waals surface area contributed by atoms with Gasteiger partial charge < -0.3 is 9.30 Å². The predicted molar refractivity (Wildman–Crippen MR) is 141 cm³/mol. The Morgan fingerprint density at radius 1 is 0.973 bits per heavy atom. The summed E-state index contributed by atoms with van der Waals surface area (Å²) in [6.07, 6.45) is 13.7. The summed E-state index contributed by atoms with van der Waals surface area (Å²) >= 11 is 0. The van der Waals surface area contributed by atoms with Crippen LogP contribution in [0.25, 0.3) is 11.0 Å². The highest BCUT2D eigenvalue weighted by atomic mass is 16.5. The van der Waals surface area contributed by atoms with Crippen molar-refractivity contribution in [2.45, 2.75) is 108 Å². The molecule has 1 aromatic carbocycles. The topological polar surface area (TPSA) is 93.9 Å². The highest BCUT2D eigenvalue weighted by Crippen LogP contribution is 2.47. The summed E-state index contributed by atoms with van der Waals surface area (Å²) in [6, 6.07) is 7.59. The van der Waals surface area contributed by atoms with Gasteiger partial charge >= 0.3 is 5.97 Å². The van der Waals surface area contributed by atoms with Gasteiger partial charge in [-0.15, -0.1) is 4.91 Å². The molecule has 3 heterocycles. The zero-order valence-corrected chi connectivity index (χ0v) is 21.8. The SMILES string of the molecule is CCOC(=O)C(N=O)c1nc2ccccc2n(C2CC3CCCC(C2)N3C2CC3CCCC(C3)C2)c1=O. The van der Waals surface area contributed by atoms with Gasteiger partial charge in [-0.3, -0.25) is 9.69 Å². The number of carbonyl (C=O) groups is 1. The minimum Gasteiger partial charge on any atom is -0.464 e. The highest BCUT2D eigenvalue weighted by molar-refractivity contribution is 5.79. The zero-order chi connectivity index (χ0) is 25.5. The second-order valence-electron chi connectivity index (χ2n) is 11.8. The third-order valence-electron chi connectivity index (χ3n) is 9.59. The molecule has 8 nitrogen and oxygen atoms in total. The summed E-state index contributed by atoms with van der Waals surface area (Å²) in [4.78, 5) is 45.4. The van der Waals surface area contributed by atoms with Crippen molar-refractivity contribution in [1.29, 1.82) is 0 Å². The Kier molecular flexibility index (Phi) is 6.86. The van der Waals surface area contributed by atoms with E-state index in [-0.39, 0.29) is 23.9 Å². The van der Waals surface area contributed by atoms with E-state index in [0.29, 0.717) is 23.6 Å². The Labute approximate surface area is 217 Å². The maximum absolute atomic E-state index is 13.9. The standard InChI is InChI=1S/C29H38N4O4/c1-2-37-29(35)27(31-36)26-28(34)33(25-12-4-3-11-24(25)30-26)23-16-20-9-6-10-21(17-23)32(20)22-14-18-7-5-8-19(13-18)15-22/h3-4,11-12,18-23,27H,2,5-10,13-17H2,1H3. The zero-order valence-electron chi connectivity index (χ0n) is 21.8. The molecule has 0 N–H and O–H groups in total. The van der Waals surface area contributed by atoms with Gasteiger partial charge in [0.25, 0.3) is 5.56 Å². The molecule has 5 atom stereocenters. The summed E-state index contributed by atoms with van der Waals surface area (Å²) in [7, 11) is 0. The van der Waals surface area contributed by atoms with Crippen LogP contribution in [-0.4, -0.2) is 45.2 Å². The minimum absolute atomic E-state index is 0.00304. The summed E-state index contributed by atoms with van der Waals surface area (Å²) < 4.78 is 6.87. The van der Waals surface area contributed by atoms with Crippen molar-refractivity contribution in [3.05, 3.63) is 45.2 Å². The molecule has 37 heavy (non-hydrogen) atoms. The molecule has 1 aromatic heterocycles. The van der Waals surface area contributed by atoms with Gasteiger partial charge in [-0.2, -0.15) is 0 Å². The third kappa shape index (κ3) is 4.51. The fourth-order valence-corrected chi connectivity index (χ4v) is 8.27. The van der Waals surface area contributed by atoms with Gasteiger partial charge in [-0.25, -0.2) is 9.78 Å². The molecule has 4 fully saturated rings. The molecule has 4 bridgehead atoms. The number of piperidine rings is 2. The van der Waals surface area contributed by atoms with Crippen molar-refractivity contribution in [2.75, 3.05) is 6.61 Å². The van der Waals surface area contributed by atoms with E-state index in [9.17, 15) is 14.5 Å². The predicted octanol–water partition coefficient (Wildman–Crippen LogP) is 5.29. The van der Waals surface area contributed by atoms with Crippen LogP contribution in [0.4, 0.5) is 0 Å². The lowest BCUT2D eigenvalue weighted by Crippen LogP contribution is -2.58. The Morgan fingerprint density at radius 2 is 1.65 bits per heavy atom. The molecule has 2 aliphatic carbocycles. The number of nitrogens with zero attached hydrogens (tertiary/aromatic N) is 4. The lowest BCUT2D eigenvalue weighted by atomic mass is 9.68. The number of rotatable bonds is 6. The van der Waals surface area contributed by atoms with Crippen molar-refractivity contribution in [3.8, 4) is 0 Å². The van der Waals surface area contributed by atoms with Crippen LogP contribution in [0.2, 0.25) is 0 Å². The second kappa shape index (κ2) is 10.3. The quantitative estimate of drug-likeness (QED) is 0.390. The van der Waals surface area contributed by atoms with E-state index < -0.39 is 12.0 Å². The normalized spacial score (nSPS) is 32.6. The Bertz CT molecular complexity index is 1200. The van der Waals surface area contributed by atoms with Gasteiger partial charge in [0.05, 0.1) is 17.6 Å². The summed E-state index contributed by atoms with van der Waals surface area (Å²) in [6.45, 7) is 1.77. The molecule has 0 spiro atoms. The second-order valence-corrected chi connectivity index (χ2v) is 11.8. The minimum atomic E-state index is -1.55. The number of benzene rings is 1. The fraction of sp³-hybridized carbons (Fsp3) is 0.690. The Morgan fingerprint density at radius 3 is 2.32 bits per heavy atom. The van der Waals surface area contributed by atoms with Gasteiger partial charge in [0.1, 0.15) is 5.69 Å². The van der Waals surface area contributed by atoms with Gasteiger partial charge in [-0.1, -0.05) is 37.8 Å². The number of carbonyl (C=O) groups excluding carboxylic acids is 1. The molecule has 4 aliphatic rings. The van der Waals surface area contributed by atoms with E-state index in [0.717, 1.165) is 30.2 Å². The number of hydrogen-bond acceptors (Lipinski definition) is 7. The number of fused-ring (bicyclic) bond motifs is 5. The van der Waals surface area contributed by atoms with Crippen LogP contribution >= 0.6 is 0 Å². The van der Waals surface area contributed by atoms with Crippen LogP contribution in [0.5, 0.6) is 0 Å². The van der Waals surface area contributed by atoms with E-state index in [1.54, 1.807) is 6.92 Å². The number of hydrogen-bond donors (Lipinski definition) is 0. The average molecular weight is 507 g/mol. The fourth-order valence-electron chi connectivity index (χ4n) is 8.27. The first kappa shape index (κ1) is 24.7. The number of ether oxygens (including phenoxy) is 1. The maximum atomic E-state index is 13.9. The smallest absolute Gasteiger partial charge is 0.341 e. The number of aromatic nitrogens is 2. The monoisotopic (exact) mass is 506 g/mol. The molecule has 198 valence electrons. The number of nitroso groups, excluding NO2 is 1. The van der Waals surface area contributed by atoms with E-state index in [2.05, 4.69) is 15.1 Å². The van der Waals surface area contributed by atoms with Gasteiger partial charge in [-0.05, 0) is 81.0 Å². The molecule has 8 heteroatoms. The number of para-hydroxylation sites is 2. The molecule has 2 aliphatic heterocycles. The third-order valence-corrected chi connectivity index (χ3v) is 9.59. The lowest BCUT2D eigenvalue weighted by Gasteiger charge is -2.55. The Balaban J connectivity index is 1.35. The van der Waals surface area contributed by atoms with Crippen molar-refractivity contribution in [3.63, 3.8) is 0 Å². The summed E-state index contributed by atoms with van der Waals surface area (Å²) in [5.74, 6) is 0.959. The first-order chi connectivity index (χ1) is 18.1. The van der Waals surface area contributed by atoms with E-state index in [1.807, 2.05) is 28.8 Å². The molecule has 2 saturated carbocycles. The van der Waals surface area contributed by atoms with Crippen molar-refractivity contribution in [2.24, 2.45) is 17.0 Å². The largest absolute Gasteiger partial charge is 0.464 e. The summed E-state index contributed by atoms with van der Waals surface area (Å²) in [5, 5.41) is 2.98. The first-order valence-corrected chi connectivity index (χ1v) is 14.3. The van der Waals surface area contributed by atoms with Crippen LogP contribution in [-0.2, 0) is 9.53 Å². The van der Waals surface area contributed by atoms with Crippen LogP contribution in [0.3, 0.4) is 0 Å². The molecule has 0 radical (unpaired) electrons.